The molecule has 0 aromatic heterocycles. The molecule has 1 aromatic rings. The van der Waals surface area contributed by atoms with E-state index in [9.17, 15) is 4.79 Å². The van der Waals surface area contributed by atoms with Gasteiger partial charge in [0, 0.05) is 24.7 Å². The Bertz CT molecular complexity index is 531. The molecule has 1 aliphatic heterocycles. The van der Waals surface area contributed by atoms with E-state index in [1.54, 1.807) is 12.0 Å². The van der Waals surface area contributed by atoms with Crippen molar-refractivity contribution in [3.05, 3.63) is 28.8 Å². The van der Waals surface area contributed by atoms with E-state index in [-0.39, 0.29) is 12.1 Å². The monoisotopic (exact) mass is 306 g/mol. The van der Waals surface area contributed by atoms with Crippen LogP contribution in [0.25, 0.3) is 0 Å². The van der Waals surface area contributed by atoms with Crippen molar-refractivity contribution in [2.24, 2.45) is 0 Å². The van der Waals surface area contributed by atoms with E-state index in [4.69, 9.17) is 9.47 Å². The van der Waals surface area contributed by atoms with Crippen molar-refractivity contribution in [2.75, 3.05) is 20.3 Å². The second kappa shape index (κ2) is 7.49. The van der Waals surface area contributed by atoms with Crippen LogP contribution in [-0.2, 0) is 24.2 Å². The van der Waals surface area contributed by atoms with Crippen molar-refractivity contribution in [3.8, 4) is 5.75 Å². The van der Waals surface area contributed by atoms with Gasteiger partial charge in [-0.25, -0.2) is 4.79 Å². The Morgan fingerprint density at radius 1 is 1.36 bits per heavy atom. The minimum Gasteiger partial charge on any atom is -0.496 e. The van der Waals surface area contributed by atoms with Gasteiger partial charge in [-0.1, -0.05) is 13.0 Å². The van der Waals surface area contributed by atoms with E-state index >= 15 is 0 Å². The molecule has 0 spiro atoms. The maximum absolute atomic E-state index is 12.0. The molecule has 5 nitrogen and oxygen atoms in total. The van der Waals surface area contributed by atoms with Crippen LogP contribution >= 0.6 is 0 Å². The lowest BCUT2D eigenvalue weighted by Crippen LogP contribution is -2.43. The molecular formula is C17H26N2O3. The Balaban J connectivity index is 2.26. The van der Waals surface area contributed by atoms with Gasteiger partial charge in [0.1, 0.15) is 5.75 Å². The standard InChI is InChI=1S/C17H26N2O3/c1-5-18-10-14-8-13-7-12(3)19(17(20)22-6-2)11-15(13)9-16(14)21-4/h8-9,12,18H,5-7,10-11H2,1-4H3. The molecule has 0 bridgehead atoms. The van der Waals surface area contributed by atoms with Gasteiger partial charge in [0.15, 0.2) is 0 Å². The number of nitrogens with one attached hydrogen (secondary N) is 1. The second-order valence-electron chi connectivity index (χ2n) is 5.59. The summed E-state index contributed by atoms with van der Waals surface area (Å²) in [6.45, 7) is 8.68. The van der Waals surface area contributed by atoms with Gasteiger partial charge in [-0.05, 0) is 44.0 Å². The number of amides is 1. The largest absolute Gasteiger partial charge is 0.496 e. The molecule has 0 radical (unpaired) electrons. The van der Waals surface area contributed by atoms with Gasteiger partial charge in [0.2, 0.25) is 0 Å². The lowest BCUT2D eigenvalue weighted by molar-refractivity contribution is 0.0861. The van der Waals surface area contributed by atoms with Crippen LogP contribution in [0.2, 0.25) is 0 Å². The fourth-order valence-electron chi connectivity index (χ4n) is 2.86. The van der Waals surface area contributed by atoms with E-state index in [0.29, 0.717) is 13.2 Å². The SMILES string of the molecule is CCNCc1cc2c(cc1OC)CN(C(=O)OCC)C(C)C2. The summed E-state index contributed by atoms with van der Waals surface area (Å²) in [5.41, 5.74) is 3.60. The number of carbonyl (C=O) groups is 1. The molecule has 1 aromatic carbocycles. The number of benzene rings is 1. The Morgan fingerprint density at radius 2 is 2.14 bits per heavy atom. The Labute approximate surface area is 132 Å². The van der Waals surface area contributed by atoms with Gasteiger partial charge in [0.05, 0.1) is 13.7 Å². The van der Waals surface area contributed by atoms with Gasteiger partial charge in [-0.2, -0.15) is 0 Å². The summed E-state index contributed by atoms with van der Waals surface area (Å²) in [5, 5.41) is 3.34. The van der Waals surface area contributed by atoms with Crippen molar-refractivity contribution in [3.63, 3.8) is 0 Å². The molecule has 0 saturated carbocycles. The summed E-state index contributed by atoms with van der Waals surface area (Å²) in [4.78, 5) is 13.8. The molecule has 0 aliphatic carbocycles. The molecule has 5 heteroatoms. The van der Waals surface area contributed by atoms with Crippen LogP contribution in [0, 0.1) is 0 Å². The van der Waals surface area contributed by atoms with Gasteiger partial charge < -0.3 is 19.7 Å². The fraction of sp³-hybridized carbons (Fsp3) is 0.588. The molecule has 122 valence electrons. The molecule has 1 unspecified atom stereocenters. The minimum absolute atomic E-state index is 0.145. The molecule has 1 heterocycles. The van der Waals surface area contributed by atoms with Gasteiger partial charge in [-0.3, -0.25) is 0 Å². The van der Waals surface area contributed by atoms with E-state index in [2.05, 4.69) is 31.3 Å². The zero-order valence-corrected chi connectivity index (χ0v) is 13.9. The van der Waals surface area contributed by atoms with Gasteiger partial charge >= 0.3 is 6.09 Å². The molecule has 0 fully saturated rings. The first-order valence-electron chi connectivity index (χ1n) is 7.93. The third-order valence-corrected chi connectivity index (χ3v) is 4.06. The summed E-state index contributed by atoms with van der Waals surface area (Å²) < 4.78 is 10.6. The van der Waals surface area contributed by atoms with Crippen LogP contribution in [-0.4, -0.2) is 37.3 Å². The number of carbonyl (C=O) groups excluding carboxylic acids is 1. The molecule has 1 aliphatic rings. The molecule has 1 atom stereocenters. The first-order valence-corrected chi connectivity index (χ1v) is 7.93. The molecule has 22 heavy (non-hydrogen) atoms. The smallest absolute Gasteiger partial charge is 0.410 e. The maximum atomic E-state index is 12.0. The topological polar surface area (TPSA) is 50.8 Å². The van der Waals surface area contributed by atoms with Crippen molar-refractivity contribution in [1.29, 1.82) is 0 Å². The van der Waals surface area contributed by atoms with Crippen LogP contribution < -0.4 is 10.1 Å². The second-order valence-corrected chi connectivity index (χ2v) is 5.59. The van der Waals surface area contributed by atoms with Crippen molar-refractivity contribution >= 4 is 6.09 Å². The average molecular weight is 306 g/mol. The summed E-state index contributed by atoms with van der Waals surface area (Å²) in [7, 11) is 1.69. The summed E-state index contributed by atoms with van der Waals surface area (Å²) in [6, 6.07) is 4.41. The molecule has 1 N–H and O–H groups in total. The van der Waals surface area contributed by atoms with Crippen LogP contribution in [0.5, 0.6) is 5.75 Å². The zero-order valence-electron chi connectivity index (χ0n) is 13.9. The predicted molar refractivity (Wildman–Crippen MR) is 86.1 cm³/mol. The summed E-state index contributed by atoms with van der Waals surface area (Å²) in [5.74, 6) is 0.873. The fourth-order valence-corrected chi connectivity index (χ4v) is 2.86. The Hall–Kier alpha value is -1.75. The molecule has 2 rings (SSSR count). The number of methoxy groups -OCH3 is 1. The summed E-state index contributed by atoms with van der Waals surface area (Å²) >= 11 is 0. The average Bonchev–Trinajstić information content (AvgIpc) is 2.51. The minimum atomic E-state index is -0.239. The van der Waals surface area contributed by atoms with E-state index in [1.807, 2.05) is 6.92 Å². The molecule has 1 amide bonds. The summed E-state index contributed by atoms with van der Waals surface area (Å²) in [6.07, 6.45) is 0.605. The number of hydrogen-bond acceptors (Lipinski definition) is 4. The highest BCUT2D eigenvalue weighted by atomic mass is 16.6. The number of rotatable bonds is 5. The van der Waals surface area contributed by atoms with E-state index in [1.165, 1.54) is 11.1 Å². The number of hydrogen-bond donors (Lipinski definition) is 1. The third kappa shape index (κ3) is 3.53. The zero-order chi connectivity index (χ0) is 16.1. The van der Waals surface area contributed by atoms with Crippen LogP contribution in [0.4, 0.5) is 4.79 Å². The molecular weight excluding hydrogens is 280 g/mol. The first kappa shape index (κ1) is 16.6. The van der Waals surface area contributed by atoms with Crippen molar-refractivity contribution in [2.45, 2.75) is 46.3 Å². The van der Waals surface area contributed by atoms with Crippen molar-refractivity contribution in [1.82, 2.24) is 10.2 Å². The lowest BCUT2D eigenvalue weighted by atomic mass is 9.92. The number of fused-ring (bicyclic) bond motifs is 1. The maximum Gasteiger partial charge on any atom is 0.410 e. The Kier molecular flexibility index (Phi) is 5.66. The quantitative estimate of drug-likeness (QED) is 0.909. The normalized spacial score (nSPS) is 17.1. The molecule has 0 saturated heterocycles. The Morgan fingerprint density at radius 3 is 2.77 bits per heavy atom. The van der Waals surface area contributed by atoms with E-state index in [0.717, 1.165) is 30.8 Å². The number of ether oxygens (including phenoxy) is 2. The van der Waals surface area contributed by atoms with Crippen LogP contribution in [0.15, 0.2) is 12.1 Å². The van der Waals surface area contributed by atoms with Gasteiger partial charge in [-0.15, -0.1) is 0 Å². The first-order chi connectivity index (χ1) is 10.6. The predicted octanol–water partition coefficient (Wildman–Crippen LogP) is 2.71. The van der Waals surface area contributed by atoms with E-state index < -0.39 is 0 Å². The number of nitrogens with zero attached hydrogens (tertiary/aromatic N) is 1. The highest BCUT2D eigenvalue weighted by Gasteiger charge is 2.28. The van der Waals surface area contributed by atoms with Crippen molar-refractivity contribution < 1.29 is 14.3 Å². The highest BCUT2D eigenvalue weighted by Crippen LogP contribution is 2.30. The lowest BCUT2D eigenvalue weighted by Gasteiger charge is -2.34. The van der Waals surface area contributed by atoms with Crippen LogP contribution in [0.1, 0.15) is 37.5 Å². The third-order valence-electron chi connectivity index (χ3n) is 4.06. The van der Waals surface area contributed by atoms with Gasteiger partial charge in [0.25, 0.3) is 0 Å². The highest BCUT2D eigenvalue weighted by molar-refractivity contribution is 5.68. The van der Waals surface area contributed by atoms with Crippen LogP contribution in [0.3, 0.4) is 0 Å².